The first-order valence-corrected chi connectivity index (χ1v) is 9.75. The van der Waals surface area contributed by atoms with Crippen molar-refractivity contribution >= 4 is 11.8 Å². The first-order valence-electron chi connectivity index (χ1n) is 9.75. The van der Waals surface area contributed by atoms with Crippen molar-refractivity contribution in [3.63, 3.8) is 0 Å². The van der Waals surface area contributed by atoms with E-state index in [9.17, 15) is 9.59 Å². The van der Waals surface area contributed by atoms with E-state index in [2.05, 4.69) is 37.9 Å². The molecule has 0 unspecified atom stereocenters. The van der Waals surface area contributed by atoms with Crippen molar-refractivity contribution < 1.29 is 14.3 Å². The van der Waals surface area contributed by atoms with E-state index in [1.807, 2.05) is 11.8 Å². The van der Waals surface area contributed by atoms with Gasteiger partial charge in [0.25, 0.3) is 0 Å². The molecule has 0 aliphatic carbocycles. The van der Waals surface area contributed by atoms with Crippen LogP contribution < -0.4 is 5.32 Å². The van der Waals surface area contributed by atoms with Gasteiger partial charge in [-0.2, -0.15) is 0 Å². The van der Waals surface area contributed by atoms with Gasteiger partial charge < -0.3 is 15.0 Å². The van der Waals surface area contributed by atoms with Gasteiger partial charge in [-0.05, 0) is 67.0 Å². The Morgan fingerprint density at radius 3 is 2.28 bits per heavy atom. The smallest absolute Gasteiger partial charge is 0.237 e. The van der Waals surface area contributed by atoms with Crippen molar-refractivity contribution in [1.29, 1.82) is 0 Å². The third-order valence-corrected chi connectivity index (χ3v) is 4.69. The molecule has 0 saturated carbocycles. The summed E-state index contributed by atoms with van der Waals surface area (Å²) >= 11 is 0. The number of amides is 2. The lowest BCUT2D eigenvalue weighted by Gasteiger charge is -2.35. The number of ether oxygens (including phenoxy) is 1. The predicted octanol–water partition coefficient (Wildman–Crippen LogP) is 1.89. The van der Waals surface area contributed by atoms with E-state index in [4.69, 9.17) is 4.74 Å². The highest BCUT2D eigenvalue weighted by molar-refractivity contribution is 5.79. The molecule has 0 bridgehead atoms. The summed E-state index contributed by atoms with van der Waals surface area (Å²) in [4.78, 5) is 28.9. The van der Waals surface area contributed by atoms with Crippen LogP contribution in [0.3, 0.4) is 0 Å². The molecule has 6 heteroatoms. The van der Waals surface area contributed by atoms with E-state index in [1.54, 1.807) is 0 Å². The number of carbonyl (C=O) groups excluding carboxylic acids is 2. The molecule has 1 N–H and O–H groups in total. The molecule has 1 rings (SSSR count). The minimum atomic E-state index is 0.0738. The normalized spacial score (nSPS) is 16.4. The zero-order chi connectivity index (χ0) is 18.8. The molecule has 0 aromatic carbocycles. The lowest BCUT2D eigenvalue weighted by atomic mass is 9.96. The van der Waals surface area contributed by atoms with Crippen molar-refractivity contribution in [3.05, 3.63) is 0 Å². The molecule has 0 aromatic rings. The minimum absolute atomic E-state index is 0.0738. The van der Waals surface area contributed by atoms with E-state index in [-0.39, 0.29) is 29.8 Å². The molecule has 0 radical (unpaired) electrons. The third-order valence-electron chi connectivity index (χ3n) is 4.69. The zero-order valence-corrected chi connectivity index (χ0v) is 16.7. The van der Waals surface area contributed by atoms with Crippen LogP contribution in [0.2, 0.25) is 0 Å². The van der Waals surface area contributed by atoms with E-state index >= 15 is 0 Å². The maximum Gasteiger partial charge on any atom is 0.237 e. The number of rotatable bonds is 10. The van der Waals surface area contributed by atoms with Crippen LogP contribution in [0, 0.1) is 5.92 Å². The third kappa shape index (κ3) is 7.74. The Kier molecular flexibility index (Phi) is 10.0. The van der Waals surface area contributed by atoms with E-state index in [0.29, 0.717) is 19.7 Å². The highest BCUT2D eigenvalue weighted by Gasteiger charge is 2.28. The maximum atomic E-state index is 12.5. The van der Waals surface area contributed by atoms with Crippen LogP contribution in [-0.4, -0.2) is 73.1 Å². The minimum Gasteiger partial charge on any atom is -0.382 e. The molecule has 1 heterocycles. The summed E-state index contributed by atoms with van der Waals surface area (Å²) in [5.41, 5.74) is 0. The van der Waals surface area contributed by atoms with Gasteiger partial charge in [0.1, 0.15) is 0 Å². The van der Waals surface area contributed by atoms with Gasteiger partial charge in [0.15, 0.2) is 0 Å². The van der Waals surface area contributed by atoms with Crippen LogP contribution >= 0.6 is 0 Å². The van der Waals surface area contributed by atoms with Gasteiger partial charge in [-0.15, -0.1) is 0 Å². The molecule has 25 heavy (non-hydrogen) atoms. The summed E-state index contributed by atoms with van der Waals surface area (Å²) in [5.74, 6) is 0.405. The number of hydrogen-bond donors (Lipinski definition) is 1. The van der Waals surface area contributed by atoms with Crippen LogP contribution in [0.1, 0.15) is 53.9 Å². The molecular formula is C19H37N3O3. The molecule has 6 nitrogen and oxygen atoms in total. The molecule has 1 fully saturated rings. The van der Waals surface area contributed by atoms with E-state index < -0.39 is 0 Å². The predicted molar refractivity (Wildman–Crippen MR) is 100 cm³/mol. The van der Waals surface area contributed by atoms with Gasteiger partial charge in [-0.3, -0.25) is 14.5 Å². The quantitative estimate of drug-likeness (QED) is 0.608. The van der Waals surface area contributed by atoms with Crippen molar-refractivity contribution in [3.8, 4) is 0 Å². The Morgan fingerprint density at radius 2 is 1.76 bits per heavy atom. The van der Waals surface area contributed by atoms with Gasteiger partial charge in [-0.25, -0.2) is 0 Å². The van der Waals surface area contributed by atoms with Crippen LogP contribution in [-0.2, 0) is 14.3 Å². The number of nitrogens with zero attached hydrogens (tertiary/aromatic N) is 2. The Labute approximate surface area is 153 Å². The van der Waals surface area contributed by atoms with Crippen molar-refractivity contribution in [2.24, 2.45) is 5.92 Å². The summed E-state index contributed by atoms with van der Waals surface area (Å²) in [5, 5.41) is 3.00. The fourth-order valence-electron chi connectivity index (χ4n) is 3.47. The number of hydrogen-bond acceptors (Lipinski definition) is 4. The number of piperidine rings is 1. The fourth-order valence-corrected chi connectivity index (χ4v) is 3.47. The fraction of sp³-hybridized carbons (Fsp3) is 0.895. The summed E-state index contributed by atoms with van der Waals surface area (Å²) in [6, 6.07) is 0.431. The van der Waals surface area contributed by atoms with Crippen LogP contribution in [0.5, 0.6) is 0 Å². The lowest BCUT2D eigenvalue weighted by Crippen LogP contribution is -2.49. The van der Waals surface area contributed by atoms with Crippen LogP contribution in [0.4, 0.5) is 0 Å². The SMILES string of the molecule is CCOCCCNC(=O)C1CCN(CC(=O)N(C(C)C)C(C)C)CC1. The molecule has 146 valence electrons. The monoisotopic (exact) mass is 355 g/mol. The highest BCUT2D eigenvalue weighted by atomic mass is 16.5. The summed E-state index contributed by atoms with van der Waals surface area (Å²) < 4.78 is 5.27. The van der Waals surface area contributed by atoms with Gasteiger partial charge in [-0.1, -0.05) is 0 Å². The summed E-state index contributed by atoms with van der Waals surface area (Å²) in [6.07, 6.45) is 2.51. The number of likely N-dealkylation sites (tertiary alicyclic amines) is 1. The molecule has 0 aromatic heterocycles. The Bertz CT molecular complexity index is 397. The Balaban J connectivity index is 2.31. The first kappa shape index (κ1) is 21.9. The van der Waals surface area contributed by atoms with Crippen LogP contribution in [0.15, 0.2) is 0 Å². The molecule has 2 amide bonds. The first-order chi connectivity index (χ1) is 11.9. The van der Waals surface area contributed by atoms with E-state index in [0.717, 1.165) is 39.0 Å². The molecular weight excluding hydrogens is 318 g/mol. The van der Waals surface area contributed by atoms with Crippen molar-refractivity contribution in [1.82, 2.24) is 15.1 Å². The lowest BCUT2D eigenvalue weighted by molar-refractivity contribution is -0.136. The van der Waals surface area contributed by atoms with Crippen LogP contribution in [0.25, 0.3) is 0 Å². The summed E-state index contributed by atoms with van der Waals surface area (Å²) in [6.45, 7) is 14.4. The standard InChI is InChI=1S/C19H37N3O3/c1-6-25-13-7-10-20-19(24)17-8-11-21(12-9-17)14-18(23)22(15(2)3)16(4)5/h15-17H,6-14H2,1-5H3,(H,20,24). The van der Waals surface area contributed by atoms with Gasteiger partial charge in [0.05, 0.1) is 6.54 Å². The molecule has 1 aliphatic heterocycles. The van der Waals surface area contributed by atoms with E-state index in [1.165, 1.54) is 0 Å². The second-order valence-electron chi connectivity index (χ2n) is 7.38. The van der Waals surface area contributed by atoms with Crippen molar-refractivity contribution in [2.45, 2.75) is 66.0 Å². The molecule has 0 atom stereocenters. The Morgan fingerprint density at radius 1 is 1.16 bits per heavy atom. The van der Waals surface area contributed by atoms with Crippen molar-refractivity contribution in [2.75, 3.05) is 39.4 Å². The second kappa shape index (κ2) is 11.5. The summed E-state index contributed by atoms with van der Waals surface area (Å²) in [7, 11) is 0. The number of nitrogens with one attached hydrogen (secondary N) is 1. The number of carbonyl (C=O) groups is 2. The van der Waals surface area contributed by atoms with Gasteiger partial charge in [0.2, 0.25) is 11.8 Å². The largest absolute Gasteiger partial charge is 0.382 e. The maximum absolute atomic E-state index is 12.5. The van der Waals surface area contributed by atoms with Gasteiger partial charge >= 0.3 is 0 Å². The zero-order valence-electron chi connectivity index (χ0n) is 16.7. The Hall–Kier alpha value is -1.14. The average molecular weight is 356 g/mol. The average Bonchev–Trinajstić information content (AvgIpc) is 2.54. The van der Waals surface area contributed by atoms with Gasteiger partial charge in [0, 0.05) is 37.8 Å². The second-order valence-corrected chi connectivity index (χ2v) is 7.38. The molecule has 1 saturated heterocycles. The molecule has 1 aliphatic rings. The topological polar surface area (TPSA) is 61.9 Å². The molecule has 0 spiro atoms. The highest BCUT2D eigenvalue weighted by Crippen LogP contribution is 2.18.